The second-order valence-corrected chi connectivity index (χ2v) is 9.53. The maximum Gasteiger partial charge on any atom is 0.216 e. The van der Waals surface area contributed by atoms with Crippen molar-refractivity contribution in [2.75, 3.05) is 6.54 Å². The molecule has 0 aliphatic heterocycles. The zero-order valence-electron chi connectivity index (χ0n) is 19.0. The van der Waals surface area contributed by atoms with Crippen molar-refractivity contribution < 1.29 is 8.42 Å². The molecule has 0 radical (unpaired) electrons. The molecule has 0 amide bonds. The van der Waals surface area contributed by atoms with Crippen LogP contribution >= 0.6 is 24.0 Å². The van der Waals surface area contributed by atoms with Gasteiger partial charge in [0.05, 0.1) is 12.3 Å². The van der Waals surface area contributed by atoms with E-state index in [1.807, 2.05) is 45.0 Å². The Morgan fingerprint density at radius 2 is 1.68 bits per heavy atom. The van der Waals surface area contributed by atoms with Crippen LogP contribution in [0.5, 0.6) is 0 Å². The van der Waals surface area contributed by atoms with Gasteiger partial charge in [0.1, 0.15) is 0 Å². The van der Waals surface area contributed by atoms with Crippen molar-refractivity contribution in [3.63, 3.8) is 0 Å². The minimum absolute atomic E-state index is 0. The molecule has 6 nitrogen and oxygen atoms in total. The van der Waals surface area contributed by atoms with E-state index in [9.17, 15) is 8.42 Å². The minimum Gasteiger partial charge on any atom is -0.357 e. The summed E-state index contributed by atoms with van der Waals surface area (Å²) in [6.07, 6.45) is 0. The summed E-state index contributed by atoms with van der Waals surface area (Å²) < 4.78 is 27.3. The predicted octanol–water partition coefficient (Wildman–Crippen LogP) is 4.00. The first-order chi connectivity index (χ1) is 14.2. The normalized spacial score (nSPS) is 11.9. The monoisotopic (exact) mass is 558 g/mol. The Morgan fingerprint density at radius 3 is 2.29 bits per heavy atom. The van der Waals surface area contributed by atoms with Gasteiger partial charge < -0.3 is 10.6 Å². The highest BCUT2D eigenvalue weighted by atomic mass is 127. The molecule has 8 heteroatoms. The molecule has 0 heterocycles. The third-order valence-electron chi connectivity index (χ3n) is 4.58. The van der Waals surface area contributed by atoms with E-state index in [4.69, 9.17) is 0 Å². The number of guanidine groups is 1. The molecular weight excluding hydrogens is 523 g/mol. The van der Waals surface area contributed by atoms with Crippen LogP contribution in [0.2, 0.25) is 0 Å². The fourth-order valence-corrected chi connectivity index (χ4v) is 4.68. The number of sulfonamides is 1. The fraction of sp³-hybridized carbons (Fsp3) is 0.435. The largest absolute Gasteiger partial charge is 0.357 e. The van der Waals surface area contributed by atoms with Crippen molar-refractivity contribution in [1.82, 2.24) is 15.4 Å². The van der Waals surface area contributed by atoms with Gasteiger partial charge in [0, 0.05) is 19.1 Å². The zero-order valence-corrected chi connectivity index (χ0v) is 22.2. The first kappa shape index (κ1) is 27.4. The van der Waals surface area contributed by atoms with Crippen LogP contribution in [0.15, 0.2) is 47.5 Å². The standard InChI is InChI=1S/C23H34N4O2S.HI/c1-6-24-23(25-14-20-12-11-18(4)13-19(20)5)26-15-21-9-7-8-10-22(21)16-30(28,29)27-17(2)3;/h7-13,17,27H,6,14-16H2,1-5H3,(H2,24,25,26);1H. The Labute approximate surface area is 204 Å². The van der Waals surface area contributed by atoms with Crippen LogP contribution in [-0.2, 0) is 28.9 Å². The first-order valence-electron chi connectivity index (χ1n) is 10.3. The summed E-state index contributed by atoms with van der Waals surface area (Å²) in [6.45, 7) is 11.7. The summed E-state index contributed by atoms with van der Waals surface area (Å²) >= 11 is 0. The summed E-state index contributed by atoms with van der Waals surface area (Å²) in [7, 11) is -3.39. The highest BCUT2D eigenvalue weighted by molar-refractivity contribution is 14.0. The molecule has 0 aromatic heterocycles. The van der Waals surface area contributed by atoms with Crippen molar-refractivity contribution in [2.24, 2.45) is 4.99 Å². The fourth-order valence-electron chi connectivity index (χ4n) is 3.19. The molecule has 2 aromatic carbocycles. The Morgan fingerprint density at radius 1 is 1.00 bits per heavy atom. The zero-order chi connectivity index (χ0) is 22.1. The highest BCUT2D eigenvalue weighted by Gasteiger charge is 2.15. The smallest absolute Gasteiger partial charge is 0.216 e. The molecule has 0 fully saturated rings. The van der Waals surface area contributed by atoms with E-state index in [1.165, 1.54) is 16.7 Å². The summed E-state index contributed by atoms with van der Waals surface area (Å²) in [5, 5.41) is 6.63. The number of benzene rings is 2. The minimum atomic E-state index is -3.39. The molecule has 2 rings (SSSR count). The molecule has 0 saturated carbocycles. The number of rotatable bonds is 9. The topological polar surface area (TPSA) is 82.6 Å². The Bertz CT molecular complexity index is 975. The van der Waals surface area contributed by atoms with Crippen molar-refractivity contribution in [1.29, 1.82) is 0 Å². The molecule has 31 heavy (non-hydrogen) atoms. The number of halogens is 1. The van der Waals surface area contributed by atoms with Gasteiger partial charge in [-0.3, -0.25) is 0 Å². The second kappa shape index (κ2) is 13.0. The number of aliphatic imine (C=N–C) groups is 1. The van der Waals surface area contributed by atoms with Crippen LogP contribution in [0.4, 0.5) is 0 Å². The average molecular weight is 559 g/mol. The number of aryl methyl sites for hydroxylation is 2. The van der Waals surface area contributed by atoms with Crippen LogP contribution in [0, 0.1) is 13.8 Å². The first-order valence-corrected chi connectivity index (χ1v) is 12.0. The summed E-state index contributed by atoms with van der Waals surface area (Å²) in [5.41, 5.74) is 5.37. The molecular formula is C23H35IN4O2S. The van der Waals surface area contributed by atoms with Crippen molar-refractivity contribution in [3.8, 4) is 0 Å². The maximum atomic E-state index is 12.3. The van der Waals surface area contributed by atoms with Gasteiger partial charge in [-0.1, -0.05) is 48.0 Å². The number of nitrogens with zero attached hydrogens (tertiary/aromatic N) is 1. The molecule has 0 aliphatic rings. The Kier molecular flexibility index (Phi) is 11.5. The third-order valence-corrected chi connectivity index (χ3v) is 6.10. The van der Waals surface area contributed by atoms with Crippen molar-refractivity contribution >= 4 is 40.0 Å². The van der Waals surface area contributed by atoms with Gasteiger partial charge in [-0.05, 0) is 56.9 Å². The molecule has 2 aromatic rings. The van der Waals surface area contributed by atoms with E-state index in [0.29, 0.717) is 19.0 Å². The van der Waals surface area contributed by atoms with Gasteiger partial charge in [-0.25, -0.2) is 18.1 Å². The van der Waals surface area contributed by atoms with Crippen LogP contribution in [0.1, 0.15) is 48.6 Å². The van der Waals surface area contributed by atoms with Crippen molar-refractivity contribution in [3.05, 3.63) is 70.3 Å². The molecule has 0 spiro atoms. The van der Waals surface area contributed by atoms with Crippen LogP contribution in [0.25, 0.3) is 0 Å². The molecule has 172 valence electrons. The number of hydrogen-bond donors (Lipinski definition) is 3. The molecule has 0 saturated heterocycles. The van der Waals surface area contributed by atoms with Gasteiger partial charge in [0.2, 0.25) is 10.0 Å². The Balaban J connectivity index is 0.00000480. The van der Waals surface area contributed by atoms with E-state index < -0.39 is 10.0 Å². The number of nitrogens with one attached hydrogen (secondary N) is 3. The molecule has 0 atom stereocenters. The van der Waals surface area contributed by atoms with Crippen LogP contribution < -0.4 is 15.4 Å². The summed E-state index contributed by atoms with van der Waals surface area (Å²) in [5.74, 6) is 0.652. The van der Waals surface area contributed by atoms with E-state index >= 15 is 0 Å². The van der Waals surface area contributed by atoms with Gasteiger partial charge in [-0.15, -0.1) is 24.0 Å². The molecule has 0 bridgehead atoms. The van der Waals surface area contributed by atoms with E-state index in [-0.39, 0.29) is 35.8 Å². The maximum absolute atomic E-state index is 12.3. The highest BCUT2D eigenvalue weighted by Crippen LogP contribution is 2.14. The average Bonchev–Trinajstić information content (AvgIpc) is 2.64. The van der Waals surface area contributed by atoms with Gasteiger partial charge in [0.15, 0.2) is 5.96 Å². The molecule has 0 unspecified atom stereocenters. The second-order valence-electron chi connectivity index (χ2n) is 7.78. The predicted molar refractivity (Wildman–Crippen MR) is 140 cm³/mol. The van der Waals surface area contributed by atoms with Gasteiger partial charge >= 0.3 is 0 Å². The molecule has 0 aliphatic carbocycles. The van der Waals surface area contributed by atoms with Crippen molar-refractivity contribution in [2.45, 2.75) is 59.5 Å². The van der Waals surface area contributed by atoms with E-state index in [0.717, 1.165) is 17.7 Å². The van der Waals surface area contributed by atoms with Crippen LogP contribution in [0.3, 0.4) is 0 Å². The quantitative estimate of drug-likeness (QED) is 0.247. The lowest BCUT2D eigenvalue weighted by atomic mass is 10.1. The summed E-state index contributed by atoms with van der Waals surface area (Å²) in [4.78, 5) is 4.68. The van der Waals surface area contributed by atoms with E-state index in [2.05, 4.69) is 52.4 Å². The Hall–Kier alpha value is -1.65. The SMILES string of the molecule is CCNC(=NCc1ccccc1CS(=O)(=O)NC(C)C)NCc1ccc(C)cc1C.I. The summed E-state index contributed by atoms with van der Waals surface area (Å²) in [6, 6.07) is 13.8. The van der Waals surface area contributed by atoms with Gasteiger partial charge in [0.25, 0.3) is 0 Å². The lowest BCUT2D eigenvalue weighted by Crippen LogP contribution is -2.37. The lowest BCUT2D eigenvalue weighted by molar-refractivity contribution is 0.569. The third kappa shape index (κ3) is 9.57. The molecule has 3 N–H and O–H groups in total. The van der Waals surface area contributed by atoms with E-state index in [1.54, 1.807) is 0 Å². The number of hydrogen-bond acceptors (Lipinski definition) is 3. The van der Waals surface area contributed by atoms with Gasteiger partial charge in [-0.2, -0.15) is 0 Å². The lowest BCUT2D eigenvalue weighted by Gasteiger charge is -2.14. The van der Waals surface area contributed by atoms with Crippen LogP contribution in [-0.4, -0.2) is 27.0 Å².